The second-order valence-corrected chi connectivity index (χ2v) is 9.93. The summed E-state index contributed by atoms with van der Waals surface area (Å²) in [7, 11) is 0. The van der Waals surface area contributed by atoms with Crippen LogP contribution in [0.1, 0.15) is 22.4 Å². The van der Waals surface area contributed by atoms with E-state index in [1.807, 2.05) is 49.4 Å². The van der Waals surface area contributed by atoms with Crippen molar-refractivity contribution < 1.29 is 9.59 Å². The van der Waals surface area contributed by atoms with Crippen molar-refractivity contribution in [3.05, 3.63) is 110 Å². The molecule has 7 heteroatoms. The molecule has 1 saturated heterocycles. The SMILES string of the molecule is Cc1c(/C=C2\SC(=O)N(Cc3ccc(Cl)cc3Cl)C2=O)c2ccccc2n1Cc1ccccc1. The Kier molecular flexibility index (Phi) is 6.26. The Balaban J connectivity index is 1.50. The van der Waals surface area contributed by atoms with E-state index in [0.29, 0.717) is 20.5 Å². The summed E-state index contributed by atoms with van der Waals surface area (Å²) in [6, 6.07) is 23.4. The standard InChI is InChI=1S/C27H20Cl2N2O2S/c1-17-22(21-9-5-6-10-24(21)30(17)15-18-7-3-2-4-8-18)14-25-26(32)31(27(33)34-25)16-19-11-12-20(28)13-23(19)29/h2-14H,15-16H2,1H3/b25-14-. The first kappa shape index (κ1) is 22.8. The van der Waals surface area contributed by atoms with E-state index in [-0.39, 0.29) is 17.7 Å². The molecular formula is C27H20Cl2N2O2S. The predicted octanol–water partition coefficient (Wildman–Crippen LogP) is 7.54. The smallest absolute Gasteiger partial charge is 0.293 e. The van der Waals surface area contributed by atoms with E-state index in [1.165, 1.54) is 10.5 Å². The van der Waals surface area contributed by atoms with E-state index in [0.717, 1.165) is 40.5 Å². The Morgan fingerprint density at radius 3 is 2.41 bits per heavy atom. The maximum Gasteiger partial charge on any atom is 0.293 e. The molecule has 0 saturated carbocycles. The molecule has 0 N–H and O–H groups in total. The van der Waals surface area contributed by atoms with Gasteiger partial charge in [0.15, 0.2) is 0 Å². The van der Waals surface area contributed by atoms with Gasteiger partial charge in [-0.15, -0.1) is 0 Å². The molecule has 5 rings (SSSR count). The number of aromatic nitrogens is 1. The van der Waals surface area contributed by atoms with Gasteiger partial charge in [-0.1, -0.05) is 77.8 Å². The van der Waals surface area contributed by atoms with Gasteiger partial charge in [0, 0.05) is 38.8 Å². The van der Waals surface area contributed by atoms with Crippen LogP contribution in [0.5, 0.6) is 0 Å². The minimum atomic E-state index is -0.319. The van der Waals surface area contributed by atoms with Crippen LogP contribution in [0.25, 0.3) is 17.0 Å². The summed E-state index contributed by atoms with van der Waals surface area (Å²) >= 11 is 13.2. The lowest BCUT2D eigenvalue weighted by atomic mass is 10.1. The van der Waals surface area contributed by atoms with Gasteiger partial charge in [0.25, 0.3) is 11.1 Å². The van der Waals surface area contributed by atoms with Crippen LogP contribution in [-0.4, -0.2) is 20.6 Å². The number of imide groups is 1. The number of hydrogen-bond acceptors (Lipinski definition) is 3. The van der Waals surface area contributed by atoms with Crippen molar-refractivity contribution in [1.29, 1.82) is 0 Å². The van der Waals surface area contributed by atoms with Gasteiger partial charge in [0.1, 0.15) is 0 Å². The first-order valence-corrected chi connectivity index (χ1v) is 12.3. The number of halogens is 2. The van der Waals surface area contributed by atoms with Crippen LogP contribution in [-0.2, 0) is 17.9 Å². The summed E-state index contributed by atoms with van der Waals surface area (Å²) in [4.78, 5) is 27.5. The molecule has 2 heterocycles. The van der Waals surface area contributed by atoms with Gasteiger partial charge in [-0.05, 0) is 54.1 Å². The maximum atomic E-state index is 13.2. The highest BCUT2D eigenvalue weighted by atomic mass is 35.5. The van der Waals surface area contributed by atoms with E-state index in [4.69, 9.17) is 23.2 Å². The molecule has 34 heavy (non-hydrogen) atoms. The molecule has 1 aromatic heterocycles. The largest absolute Gasteiger partial charge is 0.340 e. The molecule has 0 bridgehead atoms. The zero-order chi connectivity index (χ0) is 23.8. The van der Waals surface area contributed by atoms with Gasteiger partial charge in [0.05, 0.1) is 11.4 Å². The van der Waals surface area contributed by atoms with E-state index >= 15 is 0 Å². The first-order valence-electron chi connectivity index (χ1n) is 10.7. The number of thioether (sulfide) groups is 1. The number of carbonyl (C=O) groups is 2. The molecule has 3 aromatic carbocycles. The highest BCUT2D eigenvalue weighted by Crippen LogP contribution is 2.37. The molecular weight excluding hydrogens is 487 g/mol. The van der Waals surface area contributed by atoms with E-state index in [2.05, 4.69) is 22.8 Å². The van der Waals surface area contributed by atoms with Crippen LogP contribution < -0.4 is 0 Å². The van der Waals surface area contributed by atoms with Crippen LogP contribution in [0.15, 0.2) is 77.7 Å². The van der Waals surface area contributed by atoms with Crippen molar-refractivity contribution in [1.82, 2.24) is 9.47 Å². The highest BCUT2D eigenvalue weighted by molar-refractivity contribution is 8.18. The topological polar surface area (TPSA) is 42.3 Å². The summed E-state index contributed by atoms with van der Waals surface area (Å²) in [6.07, 6.45) is 1.84. The molecule has 4 nitrogen and oxygen atoms in total. The number of benzene rings is 3. The van der Waals surface area contributed by atoms with Crippen molar-refractivity contribution >= 4 is 63.1 Å². The highest BCUT2D eigenvalue weighted by Gasteiger charge is 2.35. The Hall–Kier alpha value is -2.99. The van der Waals surface area contributed by atoms with Gasteiger partial charge in [0.2, 0.25) is 0 Å². The third-order valence-corrected chi connectivity index (χ3v) is 7.45. The van der Waals surface area contributed by atoms with Crippen molar-refractivity contribution in [2.24, 2.45) is 0 Å². The molecule has 4 aromatic rings. The van der Waals surface area contributed by atoms with Crippen LogP contribution in [0.4, 0.5) is 4.79 Å². The maximum absolute atomic E-state index is 13.2. The number of carbonyl (C=O) groups excluding carboxylic acids is 2. The van der Waals surface area contributed by atoms with Crippen LogP contribution in [0, 0.1) is 6.92 Å². The zero-order valence-electron chi connectivity index (χ0n) is 18.3. The zero-order valence-corrected chi connectivity index (χ0v) is 20.6. The fourth-order valence-corrected chi connectivity index (χ4v) is 5.49. The average molecular weight is 507 g/mol. The Bertz CT molecular complexity index is 1460. The van der Waals surface area contributed by atoms with Gasteiger partial charge >= 0.3 is 0 Å². The van der Waals surface area contributed by atoms with Crippen LogP contribution >= 0.6 is 35.0 Å². The fraction of sp³-hybridized carbons (Fsp3) is 0.111. The van der Waals surface area contributed by atoms with E-state index in [9.17, 15) is 9.59 Å². The Morgan fingerprint density at radius 1 is 0.912 bits per heavy atom. The second-order valence-electron chi connectivity index (χ2n) is 8.09. The lowest BCUT2D eigenvalue weighted by Gasteiger charge is -2.13. The molecule has 0 radical (unpaired) electrons. The van der Waals surface area contributed by atoms with Crippen LogP contribution in [0.2, 0.25) is 10.0 Å². The third-order valence-electron chi connectivity index (χ3n) is 5.96. The van der Waals surface area contributed by atoms with Crippen molar-refractivity contribution in [3.63, 3.8) is 0 Å². The molecule has 1 aliphatic rings. The molecule has 1 fully saturated rings. The van der Waals surface area contributed by atoms with E-state index in [1.54, 1.807) is 18.2 Å². The van der Waals surface area contributed by atoms with Crippen molar-refractivity contribution in [2.75, 3.05) is 0 Å². The van der Waals surface area contributed by atoms with Gasteiger partial charge in [-0.3, -0.25) is 14.5 Å². The Morgan fingerprint density at radius 2 is 1.65 bits per heavy atom. The quantitative estimate of drug-likeness (QED) is 0.262. The number of rotatable bonds is 5. The summed E-state index contributed by atoms with van der Waals surface area (Å²) < 4.78 is 2.24. The summed E-state index contributed by atoms with van der Waals surface area (Å²) in [6.45, 7) is 2.87. The van der Waals surface area contributed by atoms with E-state index < -0.39 is 0 Å². The number of hydrogen-bond donors (Lipinski definition) is 0. The molecule has 0 atom stereocenters. The molecule has 1 aliphatic heterocycles. The normalized spacial score (nSPS) is 15.1. The molecule has 2 amide bonds. The summed E-state index contributed by atoms with van der Waals surface area (Å²) in [5.41, 5.74) is 4.93. The summed E-state index contributed by atoms with van der Waals surface area (Å²) in [5, 5.41) is 1.66. The van der Waals surface area contributed by atoms with Gasteiger partial charge < -0.3 is 4.57 Å². The van der Waals surface area contributed by atoms with Crippen molar-refractivity contribution in [3.8, 4) is 0 Å². The van der Waals surface area contributed by atoms with Gasteiger partial charge in [-0.25, -0.2) is 0 Å². The van der Waals surface area contributed by atoms with Crippen molar-refractivity contribution in [2.45, 2.75) is 20.0 Å². The lowest BCUT2D eigenvalue weighted by Crippen LogP contribution is -2.27. The molecule has 0 spiro atoms. The van der Waals surface area contributed by atoms with Crippen LogP contribution in [0.3, 0.4) is 0 Å². The third kappa shape index (κ3) is 4.27. The molecule has 170 valence electrons. The molecule has 0 unspecified atom stereocenters. The fourth-order valence-electron chi connectivity index (χ4n) is 4.20. The number of nitrogens with zero attached hydrogens (tertiary/aromatic N) is 2. The number of amides is 2. The lowest BCUT2D eigenvalue weighted by molar-refractivity contribution is -0.123. The summed E-state index contributed by atoms with van der Waals surface area (Å²) in [5.74, 6) is -0.319. The first-order chi connectivity index (χ1) is 16.4. The average Bonchev–Trinajstić information content (AvgIpc) is 3.24. The minimum absolute atomic E-state index is 0.104. The predicted molar refractivity (Wildman–Crippen MR) is 140 cm³/mol. The minimum Gasteiger partial charge on any atom is -0.340 e. The molecule has 0 aliphatic carbocycles. The monoisotopic (exact) mass is 506 g/mol. The number of para-hydroxylation sites is 1. The second kappa shape index (κ2) is 9.34. The van der Waals surface area contributed by atoms with Gasteiger partial charge in [-0.2, -0.15) is 0 Å². The Labute approximate surface area is 211 Å². The number of fused-ring (bicyclic) bond motifs is 1.